The van der Waals surface area contributed by atoms with Crippen LogP contribution in [-0.2, 0) is 32.6 Å². The van der Waals surface area contributed by atoms with Crippen molar-refractivity contribution < 1.29 is 27.1 Å². The molecule has 1 unspecified atom stereocenters. The van der Waals surface area contributed by atoms with E-state index in [1.807, 2.05) is 37.3 Å². The van der Waals surface area contributed by atoms with Crippen LogP contribution in [0.1, 0.15) is 25.0 Å². The lowest BCUT2D eigenvalue weighted by atomic mass is 10.0. The second-order valence-electron chi connectivity index (χ2n) is 10.1. The number of nitrogens with one attached hydrogen (secondary N) is 1. The Bertz CT molecular complexity index is 1670. The molecule has 236 valence electrons. The van der Waals surface area contributed by atoms with E-state index in [9.17, 15) is 22.4 Å². The number of likely N-dealkylation sites (N-methyl/N-ethyl adjacent to an activating group) is 1. The van der Waals surface area contributed by atoms with Crippen LogP contribution in [0, 0.1) is 5.82 Å². The van der Waals surface area contributed by atoms with Gasteiger partial charge in [0.2, 0.25) is 11.8 Å². The summed E-state index contributed by atoms with van der Waals surface area (Å²) in [6, 6.07) is 26.4. The molecule has 0 aliphatic rings. The van der Waals surface area contributed by atoms with Crippen molar-refractivity contribution in [3.8, 4) is 5.75 Å². The van der Waals surface area contributed by atoms with Gasteiger partial charge in [0, 0.05) is 24.0 Å². The number of nitrogens with zero attached hydrogens (tertiary/aromatic N) is 2. The Balaban J connectivity index is 1.79. The highest BCUT2D eigenvalue weighted by Crippen LogP contribution is 2.28. The van der Waals surface area contributed by atoms with Gasteiger partial charge in [0.25, 0.3) is 10.0 Å². The number of rotatable bonds is 14. The summed E-state index contributed by atoms with van der Waals surface area (Å²) >= 11 is 3.34. The number of sulfonamides is 1. The van der Waals surface area contributed by atoms with Crippen LogP contribution in [0.15, 0.2) is 112 Å². The molecular formula is C34H35BrFN3O5S. The van der Waals surface area contributed by atoms with E-state index < -0.39 is 34.3 Å². The summed E-state index contributed by atoms with van der Waals surface area (Å²) in [5.41, 5.74) is 1.64. The Morgan fingerprint density at radius 1 is 0.867 bits per heavy atom. The van der Waals surface area contributed by atoms with Crippen LogP contribution in [0.25, 0.3) is 0 Å². The molecule has 0 fully saturated rings. The predicted octanol–water partition coefficient (Wildman–Crippen LogP) is 5.96. The van der Waals surface area contributed by atoms with E-state index in [-0.39, 0.29) is 29.5 Å². The Hall–Kier alpha value is -4.22. The Kier molecular flexibility index (Phi) is 11.7. The third kappa shape index (κ3) is 8.92. The molecule has 0 aromatic heterocycles. The molecule has 0 saturated heterocycles. The van der Waals surface area contributed by atoms with Crippen molar-refractivity contribution in [2.24, 2.45) is 0 Å². The number of benzene rings is 4. The molecule has 4 aromatic carbocycles. The molecular weight excluding hydrogens is 661 g/mol. The zero-order chi connectivity index (χ0) is 32.4. The van der Waals surface area contributed by atoms with Gasteiger partial charge in [-0.2, -0.15) is 0 Å². The van der Waals surface area contributed by atoms with E-state index in [1.165, 1.54) is 41.3 Å². The molecule has 0 spiro atoms. The van der Waals surface area contributed by atoms with E-state index in [0.717, 1.165) is 9.87 Å². The average molecular weight is 697 g/mol. The fourth-order valence-electron chi connectivity index (χ4n) is 4.77. The quantitative estimate of drug-likeness (QED) is 0.176. The third-order valence-electron chi connectivity index (χ3n) is 7.00. The predicted molar refractivity (Wildman–Crippen MR) is 176 cm³/mol. The number of hydrogen-bond donors (Lipinski definition) is 1. The van der Waals surface area contributed by atoms with E-state index in [2.05, 4.69) is 21.2 Å². The third-order valence-corrected chi connectivity index (χ3v) is 9.32. The molecule has 45 heavy (non-hydrogen) atoms. The maximum Gasteiger partial charge on any atom is 0.264 e. The molecule has 2 amide bonds. The van der Waals surface area contributed by atoms with Crippen LogP contribution in [0.5, 0.6) is 5.75 Å². The second-order valence-corrected chi connectivity index (χ2v) is 12.9. The largest absolute Gasteiger partial charge is 0.494 e. The fourth-order valence-corrected chi connectivity index (χ4v) is 6.45. The monoisotopic (exact) mass is 695 g/mol. The molecule has 4 rings (SSSR count). The van der Waals surface area contributed by atoms with Crippen molar-refractivity contribution in [2.75, 3.05) is 24.0 Å². The summed E-state index contributed by atoms with van der Waals surface area (Å²) in [5, 5.41) is 2.82. The second kappa shape index (κ2) is 15.7. The minimum atomic E-state index is -4.24. The van der Waals surface area contributed by atoms with Crippen molar-refractivity contribution in [2.45, 2.75) is 37.8 Å². The lowest BCUT2D eigenvalue weighted by molar-refractivity contribution is -0.140. The van der Waals surface area contributed by atoms with Gasteiger partial charge in [0.05, 0.1) is 17.2 Å². The topological polar surface area (TPSA) is 96.0 Å². The molecule has 1 N–H and O–H groups in total. The summed E-state index contributed by atoms with van der Waals surface area (Å²) in [7, 11) is -4.24. The number of anilines is 1. The van der Waals surface area contributed by atoms with Gasteiger partial charge in [-0.1, -0.05) is 58.4 Å². The number of carbonyl (C=O) groups is 2. The van der Waals surface area contributed by atoms with Crippen molar-refractivity contribution in [3.63, 3.8) is 0 Å². The van der Waals surface area contributed by atoms with Crippen LogP contribution >= 0.6 is 15.9 Å². The standard InChI is InChI=1S/C34H35BrFN3O5S/c1-3-37-34(41)32(22-25-8-6-5-7-9-25)38(23-26-10-14-28(36)15-11-26)33(40)24-39(29-16-18-30(19-17-29)44-4-2)45(42,43)31-20-12-27(35)13-21-31/h5-21,32H,3-4,22-24H2,1-2H3,(H,37,41). The molecule has 4 aromatic rings. The van der Waals surface area contributed by atoms with Gasteiger partial charge in [-0.3, -0.25) is 13.9 Å². The molecule has 1 atom stereocenters. The summed E-state index contributed by atoms with van der Waals surface area (Å²) in [6.45, 7) is 3.73. The maximum absolute atomic E-state index is 14.4. The SMILES string of the molecule is CCNC(=O)C(Cc1ccccc1)N(Cc1ccc(F)cc1)C(=O)CN(c1ccc(OCC)cc1)S(=O)(=O)c1ccc(Br)cc1. The smallest absolute Gasteiger partial charge is 0.264 e. The molecule has 8 nitrogen and oxygen atoms in total. The molecule has 0 heterocycles. The number of hydrogen-bond acceptors (Lipinski definition) is 5. The normalized spacial score (nSPS) is 11.8. The summed E-state index contributed by atoms with van der Waals surface area (Å²) in [5.74, 6) is -0.893. The van der Waals surface area contributed by atoms with Crippen LogP contribution < -0.4 is 14.4 Å². The summed E-state index contributed by atoms with van der Waals surface area (Å²) in [4.78, 5) is 29.3. The number of halogens is 2. The van der Waals surface area contributed by atoms with Gasteiger partial charge < -0.3 is 15.0 Å². The minimum Gasteiger partial charge on any atom is -0.494 e. The highest BCUT2D eigenvalue weighted by Gasteiger charge is 2.34. The van der Waals surface area contributed by atoms with Crippen LogP contribution in [0.3, 0.4) is 0 Å². The van der Waals surface area contributed by atoms with E-state index >= 15 is 0 Å². The molecule has 0 saturated carbocycles. The number of amides is 2. The van der Waals surface area contributed by atoms with Gasteiger partial charge in [-0.15, -0.1) is 0 Å². The van der Waals surface area contributed by atoms with Gasteiger partial charge >= 0.3 is 0 Å². The minimum absolute atomic E-state index is 0.0120. The Morgan fingerprint density at radius 2 is 1.51 bits per heavy atom. The highest BCUT2D eigenvalue weighted by atomic mass is 79.9. The van der Waals surface area contributed by atoms with Gasteiger partial charge in [0.15, 0.2) is 0 Å². The Morgan fingerprint density at radius 3 is 2.11 bits per heavy atom. The summed E-state index contributed by atoms with van der Waals surface area (Å²) in [6.07, 6.45) is 0.183. The molecule has 0 radical (unpaired) electrons. The van der Waals surface area contributed by atoms with Crippen LogP contribution in [-0.4, -0.2) is 50.9 Å². The summed E-state index contributed by atoms with van der Waals surface area (Å²) < 4.78 is 49.2. The van der Waals surface area contributed by atoms with Crippen LogP contribution in [0.2, 0.25) is 0 Å². The first-order chi connectivity index (χ1) is 21.6. The lowest BCUT2D eigenvalue weighted by Gasteiger charge is -2.33. The molecule has 0 aliphatic heterocycles. The Labute approximate surface area is 272 Å². The van der Waals surface area contributed by atoms with Crippen LogP contribution in [0.4, 0.5) is 10.1 Å². The highest BCUT2D eigenvalue weighted by molar-refractivity contribution is 9.10. The first kappa shape index (κ1) is 33.7. The van der Waals surface area contributed by atoms with Crippen molar-refractivity contribution in [1.29, 1.82) is 0 Å². The lowest BCUT2D eigenvalue weighted by Crippen LogP contribution is -2.53. The van der Waals surface area contributed by atoms with Gasteiger partial charge in [-0.05, 0) is 85.6 Å². The zero-order valence-corrected chi connectivity index (χ0v) is 27.4. The van der Waals surface area contributed by atoms with E-state index in [0.29, 0.717) is 28.9 Å². The number of carbonyl (C=O) groups excluding carboxylic acids is 2. The molecule has 0 aliphatic carbocycles. The zero-order valence-electron chi connectivity index (χ0n) is 25.0. The van der Waals surface area contributed by atoms with Crippen molar-refractivity contribution in [1.82, 2.24) is 10.2 Å². The maximum atomic E-state index is 14.4. The first-order valence-corrected chi connectivity index (χ1v) is 16.7. The molecule has 11 heteroatoms. The van der Waals surface area contributed by atoms with Gasteiger partial charge in [0.1, 0.15) is 24.2 Å². The van der Waals surface area contributed by atoms with E-state index in [1.54, 1.807) is 43.3 Å². The first-order valence-electron chi connectivity index (χ1n) is 14.5. The van der Waals surface area contributed by atoms with Gasteiger partial charge in [-0.25, -0.2) is 12.8 Å². The average Bonchev–Trinajstić information content (AvgIpc) is 3.03. The fraction of sp³-hybridized carbons (Fsp3) is 0.235. The van der Waals surface area contributed by atoms with E-state index in [4.69, 9.17) is 4.74 Å². The van der Waals surface area contributed by atoms with Crippen molar-refractivity contribution in [3.05, 3.63) is 125 Å². The molecule has 0 bridgehead atoms. The number of ether oxygens (including phenoxy) is 1. The van der Waals surface area contributed by atoms with Crippen molar-refractivity contribution >= 4 is 43.5 Å².